The van der Waals surface area contributed by atoms with Crippen molar-refractivity contribution in [1.82, 2.24) is 10.2 Å². The average Bonchev–Trinajstić information content (AvgIpc) is 2.95. The Labute approximate surface area is 144 Å². The van der Waals surface area contributed by atoms with Crippen LogP contribution in [-0.4, -0.2) is 49.1 Å². The van der Waals surface area contributed by atoms with Crippen LogP contribution in [0.25, 0.3) is 0 Å². The van der Waals surface area contributed by atoms with E-state index < -0.39 is 21.6 Å². The maximum absolute atomic E-state index is 12.9. The summed E-state index contributed by atoms with van der Waals surface area (Å²) in [5.41, 5.74) is 0.306. The van der Waals surface area contributed by atoms with Crippen LogP contribution in [0, 0.1) is 5.82 Å². The van der Waals surface area contributed by atoms with E-state index in [1.54, 1.807) is 24.1 Å². The van der Waals surface area contributed by atoms with Gasteiger partial charge in [-0.2, -0.15) is 0 Å². The SMILES string of the molecule is CN(c1ccc(NC(=O)c2ccc(F)cc2)nn1)C1CCS(=O)(=O)C1. The fraction of sp³-hybridized carbons (Fsp3) is 0.312. The number of rotatable bonds is 4. The summed E-state index contributed by atoms with van der Waals surface area (Å²) in [6.07, 6.45) is 0.559. The van der Waals surface area contributed by atoms with Crippen molar-refractivity contribution in [3.8, 4) is 0 Å². The zero-order chi connectivity index (χ0) is 18.0. The lowest BCUT2D eigenvalue weighted by atomic mass is 10.2. The summed E-state index contributed by atoms with van der Waals surface area (Å²) in [5, 5.41) is 10.6. The van der Waals surface area contributed by atoms with Crippen LogP contribution in [0.3, 0.4) is 0 Å². The van der Waals surface area contributed by atoms with Gasteiger partial charge < -0.3 is 10.2 Å². The normalized spacial score (nSPS) is 18.7. The minimum atomic E-state index is -2.98. The molecule has 2 aromatic rings. The molecule has 1 N–H and O–H groups in total. The average molecular weight is 364 g/mol. The summed E-state index contributed by atoms with van der Waals surface area (Å²) >= 11 is 0. The van der Waals surface area contributed by atoms with Gasteiger partial charge in [0, 0.05) is 18.7 Å². The van der Waals surface area contributed by atoms with Crippen LogP contribution in [-0.2, 0) is 9.84 Å². The smallest absolute Gasteiger partial charge is 0.256 e. The Morgan fingerprint density at radius 3 is 2.48 bits per heavy atom. The van der Waals surface area contributed by atoms with Gasteiger partial charge in [-0.1, -0.05) is 0 Å². The van der Waals surface area contributed by atoms with E-state index in [-0.39, 0.29) is 23.4 Å². The van der Waals surface area contributed by atoms with Crippen LogP contribution < -0.4 is 10.2 Å². The van der Waals surface area contributed by atoms with E-state index in [0.29, 0.717) is 17.8 Å². The van der Waals surface area contributed by atoms with Crippen LogP contribution in [0.5, 0.6) is 0 Å². The first kappa shape index (κ1) is 17.3. The van der Waals surface area contributed by atoms with E-state index in [2.05, 4.69) is 15.5 Å². The first-order valence-electron chi connectivity index (χ1n) is 7.68. The van der Waals surface area contributed by atoms with Gasteiger partial charge in [-0.15, -0.1) is 10.2 Å². The highest BCUT2D eigenvalue weighted by atomic mass is 32.2. The van der Waals surface area contributed by atoms with Crippen LogP contribution in [0.2, 0.25) is 0 Å². The number of amides is 1. The molecular weight excluding hydrogens is 347 g/mol. The molecule has 2 heterocycles. The Hall–Kier alpha value is -2.55. The van der Waals surface area contributed by atoms with Gasteiger partial charge in [0.25, 0.3) is 5.91 Å². The monoisotopic (exact) mass is 364 g/mol. The minimum absolute atomic E-state index is 0.105. The van der Waals surface area contributed by atoms with Crippen molar-refractivity contribution in [2.45, 2.75) is 12.5 Å². The number of sulfone groups is 1. The number of benzene rings is 1. The molecule has 1 fully saturated rings. The molecule has 0 aliphatic carbocycles. The third-order valence-electron chi connectivity index (χ3n) is 4.12. The number of anilines is 2. The van der Waals surface area contributed by atoms with Crippen molar-refractivity contribution in [3.05, 3.63) is 47.8 Å². The second-order valence-corrected chi connectivity index (χ2v) is 8.13. The number of carbonyl (C=O) groups is 1. The van der Waals surface area contributed by atoms with Crippen LogP contribution in [0.4, 0.5) is 16.0 Å². The van der Waals surface area contributed by atoms with E-state index in [9.17, 15) is 17.6 Å². The van der Waals surface area contributed by atoms with Crippen LogP contribution in [0.15, 0.2) is 36.4 Å². The quantitative estimate of drug-likeness (QED) is 0.884. The second-order valence-electron chi connectivity index (χ2n) is 5.91. The topological polar surface area (TPSA) is 92.3 Å². The molecule has 9 heteroatoms. The highest BCUT2D eigenvalue weighted by Crippen LogP contribution is 2.21. The molecule has 1 aliphatic rings. The Balaban J connectivity index is 1.66. The predicted molar refractivity (Wildman–Crippen MR) is 91.8 cm³/mol. The second kappa shape index (κ2) is 6.75. The summed E-state index contributed by atoms with van der Waals surface area (Å²) in [6.45, 7) is 0. The maximum Gasteiger partial charge on any atom is 0.256 e. The van der Waals surface area contributed by atoms with Crippen LogP contribution in [0.1, 0.15) is 16.8 Å². The van der Waals surface area contributed by atoms with E-state index in [1.165, 1.54) is 24.3 Å². The van der Waals surface area contributed by atoms with E-state index in [1.807, 2.05) is 0 Å². The molecule has 1 aromatic heterocycles. The number of hydrogen-bond acceptors (Lipinski definition) is 6. The summed E-state index contributed by atoms with van der Waals surface area (Å²) in [7, 11) is -1.21. The molecule has 0 bridgehead atoms. The third-order valence-corrected chi connectivity index (χ3v) is 5.87. The van der Waals surface area contributed by atoms with Crippen molar-refractivity contribution >= 4 is 27.4 Å². The van der Waals surface area contributed by atoms with Gasteiger partial charge in [-0.25, -0.2) is 12.8 Å². The first-order chi connectivity index (χ1) is 11.8. The maximum atomic E-state index is 12.9. The summed E-state index contributed by atoms with van der Waals surface area (Å²) in [5.74, 6) is 0.234. The van der Waals surface area contributed by atoms with Gasteiger partial charge >= 0.3 is 0 Å². The lowest BCUT2D eigenvalue weighted by molar-refractivity contribution is 0.102. The van der Waals surface area contributed by atoms with Gasteiger partial charge in [0.15, 0.2) is 21.5 Å². The lowest BCUT2D eigenvalue weighted by Crippen LogP contribution is -2.33. The van der Waals surface area contributed by atoms with Crippen molar-refractivity contribution in [3.63, 3.8) is 0 Å². The number of nitrogens with zero attached hydrogens (tertiary/aromatic N) is 3. The summed E-state index contributed by atoms with van der Waals surface area (Å²) in [4.78, 5) is 13.8. The molecule has 7 nitrogen and oxygen atoms in total. The van der Waals surface area contributed by atoms with E-state index in [0.717, 1.165) is 0 Å². The highest BCUT2D eigenvalue weighted by molar-refractivity contribution is 7.91. The summed E-state index contributed by atoms with van der Waals surface area (Å²) in [6, 6.07) is 8.28. The zero-order valence-corrected chi connectivity index (χ0v) is 14.3. The molecule has 1 aliphatic heterocycles. The number of carbonyl (C=O) groups excluding carboxylic acids is 1. The third kappa shape index (κ3) is 4.11. The van der Waals surface area contributed by atoms with Gasteiger partial charge in [0.2, 0.25) is 0 Å². The largest absolute Gasteiger partial charge is 0.354 e. The molecule has 0 radical (unpaired) electrons. The first-order valence-corrected chi connectivity index (χ1v) is 9.50. The Kier molecular flexibility index (Phi) is 4.67. The molecule has 0 spiro atoms. The molecule has 1 aromatic carbocycles. The Bertz CT molecular complexity index is 869. The highest BCUT2D eigenvalue weighted by Gasteiger charge is 2.31. The van der Waals surface area contributed by atoms with Crippen molar-refractivity contribution in [1.29, 1.82) is 0 Å². The molecule has 25 heavy (non-hydrogen) atoms. The van der Waals surface area contributed by atoms with Gasteiger partial charge in [0.05, 0.1) is 11.5 Å². The lowest BCUT2D eigenvalue weighted by Gasteiger charge is -2.23. The van der Waals surface area contributed by atoms with Gasteiger partial charge in [0.1, 0.15) is 5.82 Å². The molecular formula is C16H17FN4O3S. The molecule has 1 unspecified atom stereocenters. The van der Waals surface area contributed by atoms with Gasteiger partial charge in [-0.05, 0) is 42.8 Å². The van der Waals surface area contributed by atoms with Crippen molar-refractivity contribution in [2.24, 2.45) is 0 Å². The van der Waals surface area contributed by atoms with Crippen LogP contribution >= 0.6 is 0 Å². The Morgan fingerprint density at radius 1 is 1.20 bits per heavy atom. The Morgan fingerprint density at radius 2 is 1.92 bits per heavy atom. The van der Waals surface area contributed by atoms with E-state index >= 15 is 0 Å². The predicted octanol–water partition coefficient (Wildman–Crippen LogP) is 1.49. The summed E-state index contributed by atoms with van der Waals surface area (Å²) < 4.78 is 36.0. The number of aromatic nitrogens is 2. The zero-order valence-electron chi connectivity index (χ0n) is 13.5. The molecule has 3 rings (SSSR count). The molecule has 0 saturated carbocycles. The standard InChI is InChI=1S/C16H17FN4O3S/c1-21(13-8-9-25(23,24)10-13)15-7-6-14(19-20-15)18-16(22)11-2-4-12(17)5-3-11/h2-7,13H,8-10H2,1H3,(H,18,19,22). The van der Waals surface area contributed by atoms with Gasteiger partial charge in [-0.3, -0.25) is 4.79 Å². The number of hydrogen-bond donors (Lipinski definition) is 1. The minimum Gasteiger partial charge on any atom is -0.354 e. The number of nitrogens with one attached hydrogen (secondary N) is 1. The van der Waals surface area contributed by atoms with E-state index in [4.69, 9.17) is 0 Å². The van der Waals surface area contributed by atoms with Crippen molar-refractivity contribution in [2.75, 3.05) is 28.8 Å². The fourth-order valence-electron chi connectivity index (χ4n) is 2.64. The fourth-order valence-corrected chi connectivity index (χ4v) is 4.41. The molecule has 132 valence electrons. The number of halogens is 1. The molecule has 1 amide bonds. The molecule has 1 atom stereocenters. The van der Waals surface area contributed by atoms with Crippen molar-refractivity contribution < 1.29 is 17.6 Å². The molecule has 1 saturated heterocycles.